The lowest BCUT2D eigenvalue weighted by Gasteiger charge is -2.10. The third-order valence-corrected chi connectivity index (χ3v) is 4.44. The van der Waals surface area contributed by atoms with Crippen molar-refractivity contribution in [1.82, 2.24) is 4.57 Å². The van der Waals surface area contributed by atoms with Crippen LogP contribution >= 0.6 is 11.3 Å². The van der Waals surface area contributed by atoms with E-state index in [2.05, 4.69) is 5.32 Å². The Morgan fingerprint density at radius 3 is 2.87 bits per heavy atom. The molecule has 0 aliphatic heterocycles. The lowest BCUT2D eigenvalue weighted by atomic mass is 10.2. The molecule has 7 heteroatoms. The Balaban J connectivity index is 2.05. The molecule has 0 saturated heterocycles. The number of rotatable bonds is 3. The minimum atomic E-state index is -0.661. The highest BCUT2D eigenvalue weighted by Gasteiger charge is 2.22. The van der Waals surface area contributed by atoms with Gasteiger partial charge in [0.2, 0.25) is 0 Å². The Morgan fingerprint density at radius 2 is 2.13 bits per heavy atom. The van der Waals surface area contributed by atoms with Crippen molar-refractivity contribution in [3.05, 3.63) is 51.6 Å². The number of ether oxygens (including phenoxy) is 1. The number of thiophene rings is 1. The summed E-state index contributed by atoms with van der Waals surface area (Å²) in [6.45, 7) is 0. The molecule has 2 heterocycles. The average Bonchev–Trinajstić information content (AvgIpc) is 3.03. The summed E-state index contributed by atoms with van der Waals surface area (Å²) in [6.07, 6.45) is 0. The van der Waals surface area contributed by atoms with Gasteiger partial charge in [0, 0.05) is 18.8 Å². The molecule has 0 unspecified atom stereocenters. The van der Waals surface area contributed by atoms with Crippen molar-refractivity contribution < 1.29 is 14.6 Å². The number of carbonyl (C=O) groups excluding carboxylic acids is 1. The maximum Gasteiger partial charge on any atom is 0.267 e. The van der Waals surface area contributed by atoms with E-state index < -0.39 is 11.5 Å². The van der Waals surface area contributed by atoms with Crippen LogP contribution in [0, 0.1) is 0 Å². The molecule has 23 heavy (non-hydrogen) atoms. The summed E-state index contributed by atoms with van der Waals surface area (Å²) in [5.74, 6) is -0.376. The maximum absolute atomic E-state index is 12.5. The molecular formula is C16H14N2O4S. The first kappa shape index (κ1) is 15.1. The number of hydrogen-bond acceptors (Lipinski definition) is 5. The molecule has 0 fully saturated rings. The number of carbonyl (C=O) groups is 1. The number of anilines is 1. The number of pyridine rings is 1. The highest BCUT2D eigenvalue weighted by atomic mass is 32.1. The molecule has 6 nitrogen and oxygen atoms in total. The number of aromatic nitrogens is 1. The number of nitrogens with zero attached hydrogens (tertiary/aromatic N) is 1. The van der Waals surface area contributed by atoms with Crippen LogP contribution in [-0.4, -0.2) is 22.7 Å². The lowest BCUT2D eigenvalue weighted by molar-refractivity contribution is 0.102. The predicted molar refractivity (Wildman–Crippen MR) is 89.7 cm³/mol. The third-order valence-electron chi connectivity index (χ3n) is 3.53. The van der Waals surface area contributed by atoms with Gasteiger partial charge in [-0.2, -0.15) is 0 Å². The number of aryl methyl sites for hydroxylation is 1. The van der Waals surface area contributed by atoms with Crippen molar-refractivity contribution in [2.75, 3.05) is 12.4 Å². The fourth-order valence-corrected chi connectivity index (χ4v) is 3.21. The summed E-state index contributed by atoms with van der Waals surface area (Å²) >= 11 is 1.27. The van der Waals surface area contributed by atoms with E-state index >= 15 is 0 Å². The van der Waals surface area contributed by atoms with E-state index in [1.807, 2.05) is 0 Å². The zero-order valence-electron chi connectivity index (χ0n) is 12.5. The number of fused-ring (bicyclic) bond motifs is 1. The van der Waals surface area contributed by atoms with E-state index in [0.29, 0.717) is 21.7 Å². The summed E-state index contributed by atoms with van der Waals surface area (Å²) in [4.78, 5) is 24.8. The van der Waals surface area contributed by atoms with Gasteiger partial charge in [0.25, 0.3) is 11.5 Å². The summed E-state index contributed by atoms with van der Waals surface area (Å²) in [5, 5.41) is 14.7. The van der Waals surface area contributed by atoms with Crippen molar-refractivity contribution >= 4 is 33.1 Å². The summed E-state index contributed by atoms with van der Waals surface area (Å²) in [6, 6.07) is 8.48. The van der Waals surface area contributed by atoms with Gasteiger partial charge in [-0.1, -0.05) is 6.07 Å². The van der Waals surface area contributed by atoms with Gasteiger partial charge in [0.05, 0.1) is 17.3 Å². The predicted octanol–water partition coefficient (Wildman–Crippen LogP) is 2.57. The van der Waals surface area contributed by atoms with E-state index in [4.69, 9.17) is 4.74 Å². The van der Waals surface area contributed by atoms with Gasteiger partial charge in [-0.3, -0.25) is 9.59 Å². The van der Waals surface area contributed by atoms with Crippen LogP contribution in [0.5, 0.6) is 11.5 Å². The van der Waals surface area contributed by atoms with Crippen molar-refractivity contribution in [2.24, 2.45) is 7.05 Å². The number of nitrogens with one attached hydrogen (secondary N) is 1. The number of amides is 1. The summed E-state index contributed by atoms with van der Waals surface area (Å²) < 4.78 is 6.95. The summed E-state index contributed by atoms with van der Waals surface area (Å²) in [7, 11) is 3.09. The highest BCUT2D eigenvalue weighted by Crippen LogP contribution is 2.31. The number of aromatic hydroxyl groups is 1. The Hall–Kier alpha value is -2.80. The van der Waals surface area contributed by atoms with E-state index in [0.717, 1.165) is 0 Å². The molecule has 0 spiro atoms. The Bertz CT molecular complexity index is 958. The zero-order valence-corrected chi connectivity index (χ0v) is 13.3. The molecule has 3 rings (SSSR count). The molecule has 0 atom stereocenters. The van der Waals surface area contributed by atoms with Crippen LogP contribution in [0.25, 0.3) is 10.2 Å². The molecule has 0 saturated carbocycles. The van der Waals surface area contributed by atoms with Crippen molar-refractivity contribution in [3.63, 3.8) is 0 Å². The van der Waals surface area contributed by atoms with E-state index in [9.17, 15) is 14.7 Å². The number of methoxy groups -OCH3 is 1. The zero-order chi connectivity index (χ0) is 16.6. The van der Waals surface area contributed by atoms with Crippen LogP contribution in [0.3, 0.4) is 0 Å². The van der Waals surface area contributed by atoms with Crippen LogP contribution in [-0.2, 0) is 7.05 Å². The SMILES string of the molecule is COc1cccc(NC(=O)c2c(O)c3sccc3n(C)c2=O)c1. The van der Waals surface area contributed by atoms with Gasteiger partial charge >= 0.3 is 0 Å². The monoisotopic (exact) mass is 330 g/mol. The molecule has 0 aliphatic carbocycles. The van der Waals surface area contributed by atoms with Crippen LogP contribution < -0.4 is 15.6 Å². The highest BCUT2D eigenvalue weighted by molar-refractivity contribution is 7.17. The normalized spacial score (nSPS) is 10.7. The van der Waals surface area contributed by atoms with Crippen molar-refractivity contribution in [2.45, 2.75) is 0 Å². The van der Waals surface area contributed by atoms with Crippen LogP contribution in [0.2, 0.25) is 0 Å². The second-order valence-corrected chi connectivity index (χ2v) is 5.82. The second kappa shape index (κ2) is 5.77. The molecule has 1 aromatic carbocycles. The first-order valence-corrected chi connectivity index (χ1v) is 7.65. The van der Waals surface area contributed by atoms with Gasteiger partial charge < -0.3 is 19.7 Å². The standard InChI is InChI=1S/C16H14N2O4S/c1-18-11-6-7-23-14(11)13(19)12(16(18)21)15(20)17-9-4-3-5-10(8-9)22-2/h3-8,19H,1-2H3,(H,17,20). The van der Waals surface area contributed by atoms with Gasteiger partial charge in [-0.05, 0) is 23.6 Å². The van der Waals surface area contributed by atoms with Gasteiger partial charge in [-0.25, -0.2) is 0 Å². The molecule has 1 amide bonds. The van der Waals surface area contributed by atoms with Gasteiger partial charge in [-0.15, -0.1) is 11.3 Å². The minimum absolute atomic E-state index is 0.273. The molecule has 0 bridgehead atoms. The number of benzene rings is 1. The third kappa shape index (κ3) is 2.55. The first-order valence-electron chi connectivity index (χ1n) is 6.77. The molecule has 2 aromatic heterocycles. The first-order chi connectivity index (χ1) is 11.0. The van der Waals surface area contributed by atoms with Crippen LogP contribution in [0.4, 0.5) is 5.69 Å². The summed E-state index contributed by atoms with van der Waals surface area (Å²) in [5.41, 5.74) is 0.247. The van der Waals surface area contributed by atoms with Crippen molar-refractivity contribution in [3.8, 4) is 11.5 Å². The molecule has 118 valence electrons. The van der Waals surface area contributed by atoms with E-state index in [1.54, 1.807) is 42.8 Å². The van der Waals surface area contributed by atoms with Gasteiger partial charge in [0.1, 0.15) is 11.3 Å². The minimum Gasteiger partial charge on any atom is -0.505 e. The number of hydrogen-bond donors (Lipinski definition) is 2. The van der Waals surface area contributed by atoms with E-state index in [1.165, 1.54) is 23.0 Å². The molecule has 0 aliphatic rings. The largest absolute Gasteiger partial charge is 0.505 e. The Labute approximate surface area is 135 Å². The van der Waals surface area contributed by atoms with Crippen molar-refractivity contribution in [1.29, 1.82) is 0 Å². The van der Waals surface area contributed by atoms with Crippen LogP contribution in [0.1, 0.15) is 10.4 Å². The molecule has 3 aromatic rings. The fourth-order valence-electron chi connectivity index (χ4n) is 2.33. The molecule has 2 N–H and O–H groups in total. The Kier molecular flexibility index (Phi) is 3.79. The Morgan fingerprint density at radius 1 is 1.35 bits per heavy atom. The smallest absolute Gasteiger partial charge is 0.267 e. The topological polar surface area (TPSA) is 80.6 Å². The van der Waals surface area contributed by atoms with E-state index in [-0.39, 0.29) is 11.3 Å². The second-order valence-electron chi connectivity index (χ2n) is 4.91. The average molecular weight is 330 g/mol. The van der Waals surface area contributed by atoms with Gasteiger partial charge in [0.15, 0.2) is 5.75 Å². The maximum atomic E-state index is 12.5. The molecule has 0 radical (unpaired) electrons. The fraction of sp³-hybridized carbons (Fsp3) is 0.125. The van der Waals surface area contributed by atoms with Crippen LogP contribution in [0.15, 0.2) is 40.5 Å². The quantitative estimate of drug-likeness (QED) is 0.773. The lowest BCUT2D eigenvalue weighted by Crippen LogP contribution is -2.27. The molecular weight excluding hydrogens is 316 g/mol.